The van der Waals surface area contributed by atoms with Crippen LogP contribution >= 0.6 is 27.3 Å². The van der Waals surface area contributed by atoms with E-state index in [9.17, 15) is 9.90 Å². The number of nitrogens with one attached hydrogen (secondary N) is 1. The number of hydrogen-bond donors (Lipinski definition) is 2. The molecule has 1 amide bonds. The van der Waals surface area contributed by atoms with Crippen LogP contribution in [0.3, 0.4) is 0 Å². The van der Waals surface area contributed by atoms with Gasteiger partial charge in [0.2, 0.25) is 0 Å². The second-order valence-electron chi connectivity index (χ2n) is 4.95. The topological polar surface area (TPSA) is 71.5 Å². The van der Waals surface area contributed by atoms with Crippen molar-refractivity contribution in [3.63, 3.8) is 0 Å². The summed E-state index contributed by atoms with van der Waals surface area (Å²) in [5.41, 5.74) is 2.36. The fourth-order valence-electron chi connectivity index (χ4n) is 2.12. The number of phenolic OH excluding ortho intramolecular Hbond substituents is 1. The quantitative estimate of drug-likeness (QED) is 0.695. The van der Waals surface area contributed by atoms with Crippen molar-refractivity contribution in [2.75, 3.05) is 12.4 Å². The zero-order chi connectivity index (χ0) is 16.6. The number of phenols is 1. The standard InChI is InChI=1S/C16H13BrN2O3S/c1-8-3-4-11-13(5-8)23-16(18-11)19-15(21)9-6-10(17)14(20)12(7-9)22-2/h3-7,20H,1-2H3,(H,18,19,21). The van der Waals surface area contributed by atoms with Crippen molar-refractivity contribution in [2.45, 2.75) is 6.92 Å². The first-order chi connectivity index (χ1) is 11.0. The van der Waals surface area contributed by atoms with Gasteiger partial charge in [-0.2, -0.15) is 0 Å². The Labute approximate surface area is 145 Å². The van der Waals surface area contributed by atoms with E-state index in [0.29, 0.717) is 15.2 Å². The molecule has 23 heavy (non-hydrogen) atoms. The number of rotatable bonds is 3. The van der Waals surface area contributed by atoms with Gasteiger partial charge in [-0.05, 0) is 52.7 Å². The summed E-state index contributed by atoms with van der Waals surface area (Å²) < 4.78 is 6.46. The van der Waals surface area contributed by atoms with Crippen LogP contribution in [-0.4, -0.2) is 23.1 Å². The zero-order valence-corrected chi connectivity index (χ0v) is 14.8. The smallest absolute Gasteiger partial charge is 0.257 e. The van der Waals surface area contributed by atoms with Gasteiger partial charge in [-0.25, -0.2) is 4.98 Å². The lowest BCUT2D eigenvalue weighted by atomic mass is 10.2. The molecular formula is C16H13BrN2O3S. The molecule has 2 N–H and O–H groups in total. The summed E-state index contributed by atoms with van der Waals surface area (Å²) in [6, 6.07) is 8.95. The van der Waals surface area contributed by atoms with Crippen LogP contribution in [0, 0.1) is 6.92 Å². The van der Waals surface area contributed by atoms with Gasteiger partial charge in [0, 0.05) is 5.56 Å². The van der Waals surface area contributed by atoms with Crippen LogP contribution < -0.4 is 10.1 Å². The fraction of sp³-hybridized carbons (Fsp3) is 0.125. The number of thiazole rings is 1. The molecule has 0 aliphatic carbocycles. The van der Waals surface area contributed by atoms with Crippen molar-refractivity contribution in [1.29, 1.82) is 0 Å². The Hall–Kier alpha value is -2.12. The SMILES string of the molecule is COc1cc(C(=O)Nc2nc3ccc(C)cc3s2)cc(Br)c1O. The monoisotopic (exact) mass is 392 g/mol. The maximum absolute atomic E-state index is 12.4. The minimum absolute atomic E-state index is 0.0421. The number of fused-ring (bicyclic) bond motifs is 1. The summed E-state index contributed by atoms with van der Waals surface area (Å²) in [5, 5.41) is 13.1. The molecule has 1 aromatic heterocycles. The van der Waals surface area contributed by atoms with E-state index in [1.165, 1.54) is 30.6 Å². The number of anilines is 1. The molecule has 1 heterocycles. The third-order valence-corrected chi connectivity index (χ3v) is 4.81. The molecule has 3 aromatic rings. The number of aryl methyl sites for hydroxylation is 1. The number of methoxy groups -OCH3 is 1. The number of halogens is 1. The molecular weight excluding hydrogens is 380 g/mol. The zero-order valence-electron chi connectivity index (χ0n) is 12.4. The summed E-state index contributed by atoms with van der Waals surface area (Å²) in [4.78, 5) is 16.8. The number of ether oxygens (including phenoxy) is 1. The summed E-state index contributed by atoms with van der Waals surface area (Å²) in [6.07, 6.45) is 0. The molecule has 0 aliphatic heterocycles. The first-order valence-corrected chi connectivity index (χ1v) is 8.34. The largest absolute Gasteiger partial charge is 0.503 e. The van der Waals surface area contributed by atoms with Crippen LogP contribution in [0.2, 0.25) is 0 Å². The van der Waals surface area contributed by atoms with E-state index in [2.05, 4.69) is 26.2 Å². The van der Waals surface area contributed by atoms with Crippen molar-refractivity contribution >= 4 is 48.5 Å². The maximum Gasteiger partial charge on any atom is 0.257 e. The number of carbonyl (C=O) groups is 1. The molecule has 0 saturated carbocycles. The Morgan fingerprint density at radius 1 is 1.35 bits per heavy atom. The van der Waals surface area contributed by atoms with E-state index in [0.717, 1.165) is 15.8 Å². The Morgan fingerprint density at radius 2 is 2.13 bits per heavy atom. The number of nitrogens with zero attached hydrogens (tertiary/aromatic N) is 1. The molecule has 3 rings (SSSR count). The molecule has 0 saturated heterocycles. The van der Waals surface area contributed by atoms with Crippen molar-refractivity contribution in [3.8, 4) is 11.5 Å². The Balaban J connectivity index is 1.89. The summed E-state index contributed by atoms with van der Waals surface area (Å²) >= 11 is 4.62. The molecule has 118 valence electrons. The van der Waals surface area contributed by atoms with Crippen LogP contribution in [0.4, 0.5) is 5.13 Å². The van der Waals surface area contributed by atoms with Gasteiger partial charge in [0.15, 0.2) is 16.6 Å². The lowest BCUT2D eigenvalue weighted by Crippen LogP contribution is -2.11. The average Bonchev–Trinajstić information content (AvgIpc) is 2.90. The van der Waals surface area contributed by atoms with Gasteiger partial charge in [0.25, 0.3) is 5.91 Å². The molecule has 0 unspecified atom stereocenters. The molecule has 0 fully saturated rings. The predicted molar refractivity (Wildman–Crippen MR) is 94.7 cm³/mol. The summed E-state index contributed by atoms with van der Waals surface area (Å²) in [6.45, 7) is 2.01. The van der Waals surface area contributed by atoms with E-state index in [1.807, 2.05) is 25.1 Å². The third kappa shape index (κ3) is 3.16. The van der Waals surface area contributed by atoms with Crippen molar-refractivity contribution in [3.05, 3.63) is 45.9 Å². The van der Waals surface area contributed by atoms with Crippen LogP contribution in [0.25, 0.3) is 10.2 Å². The number of aromatic hydroxyl groups is 1. The van der Waals surface area contributed by atoms with E-state index < -0.39 is 0 Å². The number of hydrogen-bond acceptors (Lipinski definition) is 5. The van der Waals surface area contributed by atoms with Gasteiger partial charge in [-0.1, -0.05) is 17.4 Å². The maximum atomic E-state index is 12.4. The number of benzene rings is 2. The molecule has 0 bridgehead atoms. The van der Waals surface area contributed by atoms with E-state index in [4.69, 9.17) is 4.74 Å². The van der Waals surface area contributed by atoms with Crippen LogP contribution in [-0.2, 0) is 0 Å². The Kier molecular flexibility index (Phi) is 4.23. The molecule has 0 spiro atoms. The molecule has 5 nitrogen and oxygen atoms in total. The lowest BCUT2D eigenvalue weighted by Gasteiger charge is -2.08. The minimum Gasteiger partial charge on any atom is -0.503 e. The molecule has 0 atom stereocenters. The van der Waals surface area contributed by atoms with Crippen molar-refractivity contribution in [2.24, 2.45) is 0 Å². The van der Waals surface area contributed by atoms with Gasteiger partial charge < -0.3 is 9.84 Å². The van der Waals surface area contributed by atoms with Gasteiger partial charge in [0.05, 0.1) is 21.8 Å². The highest BCUT2D eigenvalue weighted by molar-refractivity contribution is 9.10. The molecule has 7 heteroatoms. The minimum atomic E-state index is -0.320. The normalized spacial score (nSPS) is 10.7. The van der Waals surface area contributed by atoms with Gasteiger partial charge in [0.1, 0.15) is 0 Å². The number of amides is 1. The van der Waals surface area contributed by atoms with E-state index in [1.54, 1.807) is 0 Å². The first-order valence-electron chi connectivity index (χ1n) is 6.73. The third-order valence-electron chi connectivity index (χ3n) is 3.27. The van der Waals surface area contributed by atoms with Gasteiger partial charge in [-0.3, -0.25) is 10.1 Å². The van der Waals surface area contributed by atoms with Crippen LogP contribution in [0.15, 0.2) is 34.8 Å². The molecule has 0 aliphatic rings. The Morgan fingerprint density at radius 3 is 2.87 bits per heavy atom. The van der Waals surface area contributed by atoms with Crippen LogP contribution in [0.5, 0.6) is 11.5 Å². The fourth-order valence-corrected chi connectivity index (χ4v) is 3.52. The predicted octanol–water partition coefficient (Wildman–Crippen LogP) is 4.33. The van der Waals surface area contributed by atoms with Crippen molar-refractivity contribution < 1.29 is 14.6 Å². The number of aromatic nitrogens is 1. The second kappa shape index (κ2) is 6.17. The summed E-state index contributed by atoms with van der Waals surface area (Å²) in [5.74, 6) is -0.135. The highest BCUT2D eigenvalue weighted by Gasteiger charge is 2.15. The molecule has 0 radical (unpaired) electrons. The lowest BCUT2D eigenvalue weighted by molar-refractivity contribution is 0.102. The second-order valence-corrected chi connectivity index (χ2v) is 6.84. The first kappa shape index (κ1) is 15.8. The average molecular weight is 393 g/mol. The highest BCUT2D eigenvalue weighted by Crippen LogP contribution is 2.35. The molecule has 2 aromatic carbocycles. The van der Waals surface area contributed by atoms with Crippen molar-refractivity contribution in [1.82, 2.24) is 4.98 Å². The van der Waals surface area contributed by atoms with Crippen LogP contribution in [0.1, 0.15) is 15.9 Å². The van der Waals surface area contributed by atoms with Gasteiger partial charge >= 0.3 is 0 Å². The van der Waals surface area contributed by atoms with Gasteiger partial charge in [-0.15, -0.1) is 0 Å². The Bertz CT molecular complexity index is 908. The number of carbonyl (C=O) groups excluding carboxylic acids is 1. The van der Waals surface area contributed by atoms with E-state index in [-0.39, 0.29) is 17.4 Å². The summed E-state index contributed by atoms with van der Waals surface area (Å²) in [7, 11) is 1.43. The highest BCUT2D eigenvalue weighted by atomic mass is 79.9. The van der Waals surface area contributed by atoms with E-state index >= 15 is 0 Å².